The summed E-state index contributed by atoms with van der Waals surface area (Å²) in [6.45, 7) is 0.148. The second kappa shape index (κ2) is 7.72. The van der Waals surface area contributed by atoms with Crippen LogP contribution in [0.5, 0.6) is 0 Å². The van der Waals surface area contributed by atoms with Crippen molar-refractivity contribution in [2.75, 3.05) is 6.54 Å². The van der Waals surface area contributed by atoms with Crippen molar-refractivity contribution in [2.45, 2.75) is 12.3 Å². The summed E-state index contributed by atoms with van der Waals surface area (Å²) < 4.78 is 20.5. The fourth-order valence-electron chi connectivity index (χ4n) is 3.15. The Labute approximate surface area is 164 Å². The highest BCUT2D eigenvalue weighted by molar-refractivity contribution is 6.35. The number of primary amides is 1. The van der Waals surface area contributed by atoms with Crippen LogP contribution in [0.25, 0.3) is 11.3 Å². The van der Waals surface area contributed by atoms with E-state index in [0.717, 1.165) is 0 Å². The highest BCUT2D eigenvalue weighted by Gasteiger charge is 2.31. The number of nitrogens with two attached hydrogens (primary N) is 2. The Kier molecular flexibility index (Phi) is 5.55. The summed E-state index contributed by atoms with van der Waals surface area (Å²) in [5.74, 6) is -1.65. The third-order valence-electron chi connectivity index (χ3n) is 4.32. The molecule has 0 saturated heterocycles. The lowest BCUT2D eigenvalue weighted by Crippen LogP contribution is -2.20. The van der Waals surface area contributed by atoms with Gasteiger partial charge in [-0.1, -0.05) is 23.7 Å². The first-order chi connectivity index (χ1) is 12.8. The number of aryl methyl sites for hydroxylation is 1. The molecule has 2 aromatic heterocycles. The molecule has 0 unspecified atom stereocenters. The normalized spacial score (nSPS) is 12.3. The molecule has 0 aliphatic rings. The van der Waals surface area contributed by atoms with E-state index in [2.05, 4.69) is 5.10 Å². The van der Waals surface area contributed by atoms with Gasteiger partial charge in [0.05, 0.1) is 22.5 Å². The molecule has 4 N–H and O–H groups in total. The van der Waals surface area contributed by atoms with Gasteiger partial charge in [0.1, 0.15) is 5.82 Å². The first-order valence-corrected chi connectivity index (χ1v) is 8.83. The zero-order valence-electron chi connectivity index (χ0n) is 14.4. The van der Waals surface area contributed by atoms with Crippen LogP contribution in [-0.4, -0.2) is 22.2 Å². The van der Waals surface area contributed by atoms with Crippen molar-refractivity contribution in [1.29, 1.82) is 0 Å². The summed E-state index contributed by atoms with van der Waals surface area (Å²) in [5.41, 5.74) is 13.5. The maximum atomic E-state index is 13.6. The molecule has 3 aromatic rings. The number of carbonyl (C=O) groups is 1. The summed E-state index contributed by atoms with van der Waals surface area (Å²) in [4.78, 5) is 12.0. The molecule has 0 saturated carbocycles. The van der Waals surface area contributed by atoms with E-state index < -0.39 is 11.8 Å². The molecule has 2 heterocycles. The van der Waals surface area contributed by atoms with E-state index in [0.29, 0.717) is 33.8 Å². The highest BCUT2D eigenvalue weighted by atomic mass is 35.5. The molecule has 0 fully saturated rings. The number of hydrogen-bond donors (Lipinski definition) is 2. The Bertz CT molecular complexity index is 980. The predicted molar refractivity (Wildman–Crippen MR) is 101 cm³/mol. The molecule has 1 atom stereocenters. The Morgan fingerprint density at radius 1 is 1.41 bits per heavy atom. The minimum atomic E-state index is -0.783. The number of rotatable bonds is 6. The Morgan fingerprint density at radius 3 is 2.70 bits per heavy atom. The standard InChI is InChI=1S/C18H17Cl2FN4O2/c1-25-15(12(19)8-24-25)14-13(16(18(23)26)27-17(14)20)10(7-22)5-9-3-2-4-11(21)6-9/h2-4,6,8,10H,5,7,22H2,1H3,(H2,23,26)/t10-/m1/s1. The smallest absolute Gasteiger partial charge is 0.284 e. The molecule has 9 heteroatoms. The SMILES string of the molecule is Cn1ncc(Cl)c1-c1c(Cl)oc(C(N)=O)c1[C@@H](CN)Cc1cccc(F)c1. The van der Waals surface area contributed by atoms with E-state index in [1.54, 1.807) is 19.2 Å². The van der Waals surface area contributed by atoms with Crippen LogP contribution in [0.1, 0.15) is 27.6 Å². The summed E-state index contributed by atoms with van der Waals surface area (Å²) in [6, 6.07) is 6.14. The molecule has 0 aliphatic carbocycles. The molecule has 0 radical (unpaired) electrons. The third-order valence-corrected chi connectivity index (χ3v) is 4.86. The number of amides is 1. The van der Waals surface area contributed by atoms with Gasteiger partial charge < -0.3 is 15.9 Å². The van der Waals surface area contributed by atoms with Crippen LogP contribution >= 0.6 is 23.2 Å². The van der Waals surface area contributed by atoms with Gasteiger partial charge in [0.15, 0.2) is 5.76 Å². The molecule has 27 heavy (non-hydrogen) atoms. The van der Waals surface area contributed by atoms with Crippen molar-refractivity contribution in [3.8, 4) is 11.3 Å². The van der Waals surface area contributed by atoms with E-state index in [1.165, 1.54) is 23.0 Å². The second-order valence-corrected chi connectivity index (χ2v) is 6.84. The van der Waals surface area contributed by atoms with Crippen molar-refractivity contribution in [3.63, 3.8) is 0 Å². The lowest BCUT2D eigenvalue weighted by molar-refractivity contribution is 0.0972. The summed E-state index contributed by atoms with van der Waals surface area (Å²) in [7, 11) is 1.68. The lowest BCUT2D eigenvalue weighted by Gasteiger charge is -2.17. The van der Waals surface area contributed by atoms with Crippen molar-refractivity contribution >= 4 is 29.1 Å². The predicted octanol–water partition coefficient (Wildman–Crippen LogP) is 3.51. The van der Waals surface area contributed by atoms with E-state index in [4.69, 9.17) is 39.1 Å². The number of aromatic nitrogens is 2. The zero-order valence-corrected chi connectivity index (χ0v) is 15.9. The number of halogens is 3. The number of benzene rings is 1. The Balaban J connectivity index is 2.18. The first kappa shape index (κ1) is 19.4. The largest absolute Gasteiger partial charge is 0.438 e. The zero-order chi connectivity index (χ0) is 19.7. The van der Waals surface area contributed by atoms with Crippen LogP contribution in [0, 0.1) is 5.82 Å². The molecule has 1 aromatic carbocycles. The van der Waals surface area contributed by atoms with Gasteiger partial charge in [-0.3, -0.25) is 9.48 Å². The summed E-state index contributed by atoms with van der Waals surface area (Å²) in [5, 5.41) is 4.39. The van der Waals surface area contributed by atoms with Gasteiger partial charge in [-0.2, -0.15) is 5.10 Å². The lowest BCUT2D eigenvalue weighted by atomic mass is 9.88. The molecule has 0 spiro atoms. The van der Waals surface area contributed by atoms with Crippen LogP contribution < -0.4 is 11.5 Å². The topological polar surface area (TPSA) is 100 Å². The van der Waals surface area contributed by atoms with Crippen molar-refractivity contribution in [2.24, 2.45) is 18.5 Å². The molecular formula is C18H17Cl2FN4O2. The molecule has 3 rings (SSSR count). The third kappa shape index (κ3) is 3.71. The second-order valence-electron chi connectivity index (χ2n) is 6.09. The van der Waals surface area contributed by atoms with Crippen molar-refractivity contribution < 1.29 is 13.6 Å². The van der Waals surface area contributed by atoms with Crippen LogP contribution in [0.2, 0.25) is 10.2 Å². The van der Waals surface area contributed by atoms with Crippen LogP contribution in [0.15, 0.2) is 34.9 Å². The summed E-state index contributed by atoms with van der Waals surface area (Å²) >= 11 is 12.5. The van der Waals surface area contributed by atoms with Gasteiger partial charge in [-0.25, -0.2) is 4.39 Å². The fraction of sp³-hybridized carbons (Fsp3) is 0.222. The van der Waals surface area contributed by atoms with Gasteiger partial charge in [-0.05, 0) is 42.3 Å². The van der Waals surface area contributed by atoms with Crippen molar-refractivity contribution in [3.05, 3.63) is 63.4 Å². The average Bonchev–Trinajstić information content (AvgIpc) is 3.12. The Hall–Kier alpha value is -2.35. The molecule has 6 nitrogen and oxygen atoms in total. The monoisotopic (exact) mass is 410 g/mol. The van der Waals surface area contributed by atoms with Crippen molar-refractivity contribution in [1.82, 2.24) is 9.78 Å². The number of nitrogens with zero attached hydrogens (tertiary/aromatic N) is 2. The minimum absolute atomic E-state index is 0.0398. The maximum Gasteiger partial charge on any atom is 0.284 e. The fourth-order valence-corrected chi connectivity index (χ4v) is 3.68. The Morgan fingerprint density at radius 2 is 2.15 bits per heavy atom. The molecule has 0 aliphatic heterocycles. The highest BCUT2D eigenvalue weighted by Crippen LogP contribution is 2.43. The van der Waals surface area contributed by atoms with Gasteiger partial charge >= 0.3 is 0 Å². The van der Waals surface area contributed by atoms with Crippen LogP contribution in [0.3, 0.4) is 0 Å². The molecule has 1 amide bonds. The maximum absolute atomic E-state index is 13.6. The van der Waals surface area contributed by atoms with E-state index in [9.17, 15) is 9.18 Å². The molecular weight excluding hydrogens is 394 g/mol. The number of carbonyl (C=O) groups excluding carboxylic acids is 1. The average molecular weight is 411 g/mol. The van der Waals surface area contributed by atoms with E-state index >= 15 is 0 Å². The van der Waals surface area contributed by atoms with Gasteiger partial charge in [0.2, 0.25) is 5.22 Å². The number of hydrogen-bond acceptors (Lipinski definition) is 4. The quantitative estimate of drug-likeness (QED) is 0.648. The minimum Gasteiger partial charge on any atom is -0.438 e. The van der Waals surface area contributed by atoms with Crippen LogP contribution in [0.4, 0.5) is 4.39 Å². The van der Waals surface area contributed by atoms with E-state index in [-0.39, 0.29) is 23.3 Å². The number of furan rings is 1. The summed E-state index contributed by atoms with van der Waals surface area (Å²) in [6.07, 6.45) is 1.81. The van der Waals surface area contributed by atoms with Gasteiger partial charge in [-0.15, -0.1) is 0 Å². The van der Waals surface area contributed by atoms with Crippen LogP contribution in [-0.2, 0) is 13.5 Å². The van der Waals surface area contributed by atoms with E-state index in [1.807, 2.05) is 0 Å². The van der Waals surface area contributed by atoms with Gasteiger partial charge in [0.25, 0.3) is 5.91 Å². The molecule has 142 valence electrons. The molecule has 0 bridgehead atoms. The van der Waals surface area contributed by atoms with Gasteiger partial charge in [0, 0.05) is 18.5 Å². The first-order valence-electron chi connectivity index (χ1n) is 8.07.